The second kappa shape index (κ2) is 4.04. The predicted molar refractivity (Wildman–Crippen MR) is 61.2 cm³/mol. The van der Waals surface area contributed by atoms with E-state index in [1.165, 1.54) is 31.2 Å². The lowest BCUT2D eigenvalue weighted by molar-refractivity contribution is 0.331. The summed E-state index contributed by atoms with van der Waals surface area (Å²) in [5.74, 6) is 1.50. The number of rotatable bonds is 1. The Morgan fingerprint density at radius 3 is 2.57 bits per heavy atom. The zero-order valence-electron chi connectivity index (χ0n) is 8.87. The first-order valence-corrected chi connectivity index (χ1v) is 5.63. The van der Waals surface area contributed by atoms with Crippen LogP contribution in [-0.2, 0) is 0 Å². The zero-order valence-corrected chi connectivity index (χ0v) is 8.87. The highest BCUT2D eigenvalue weighted by Crippen LogP contribution is 2.39. The van der Waals surface area contributed by atoms with Crippen molar-refractivity contribution in [3.8, 4) is 0 Å². The van der Waals surface area contributed by atoms with E-state index >= 15 is 0 Å². The van der Waals surface area contributed by atoms with Gasteiger partial charge in [-0.25, -0.2) is 0 Å². The van der Waals surface area contributed by atoms with Crippen LogP contribution < -0.4 is 5.73 Å². The number of hydrogen-bond donors (Lipinski definition) is 1. The fourth-order valence-corrected chi connectivity index (χ4v) is 2.63. The van der Waals surface area contributed by atoms with Gasteiger partial charge in [0.15, 0.2) is 0 Å². The summed E-state index contributed by atoms with van der Waals surface area (Å²) in [6, 6.07) is 8.35. The molecule has 0 radical (unpaired) electrons. The third-order valence-electron chi connectivity index (χ3n) is 3.51. The molecule has 1 aliphatic carbocycles. The third kappa shape index (κ3) is 1.77. The lowest BCUT2D eigenvalue weighted by atomic mass is 9.76. The molecule has 0 spiro atoms. The Morgan fingerprint density at radius 1 is 1.14 bits per heavy atom. The van der Waals surface area contributed by atoms with Crippen LogP contribution in [0.4, 0.5) is 5.69 Å². The highest BCUT2D eigenvalue weighted by molar-refractivity contribution is 5.48. The molecule has 1 aromatic carbocycles. The van der Waals surface area contributed by atoms with Crippen molar-refractivity contribution >= 4 is 5.69 Å². The number of nitrogens with two attached hydrogens (primary N) is 1. The van der Waals surface area contributed by atoms with E-state index in [1.807, 2.05) is 12.1 Å². The number of benzene rings is 1. The van der Waals surface area contributed by atoms with Gasteiger partial charge < -0.3 is 5.73 Å². The highest BCUT2D eigenvalue weighted by Gasteiger charge is 2.23. The minimum Gasteiger partial charge on any atom is -0.398 e. The van der Waals surface area contributed by atoms with E-state index in [-0.39, 0.29) is 0 Å². The highest BCUT2D eigenvalue weighted by atomic mass is 14.6. The Labute approximate surface area is 86.3 Å². The van der Waals surface area contributed by atoms with Gasteiger partial charge in [0.05, 0.1) is 0 Å². The van der Waals surface area contributed by atoms with Crippen LogP contribution in [0.5, 0.6) is 0 Å². The van der Waals surface area contributed by atoms with Crippen molar-refractivity contribution in [2.75, 3.05) is 5.73 Å². The third-order valence-corrected chi connectivity index (χ3v) is 3.51. The molecular weight excluding hydrogens is 170 g/mol. The molecule has 1 heteroatoms. The summed E-state index contributed by atoms with van der Waals surface area (Å²) in [6.45, 7) is 2.36. The lowest BCUT2D eigenvalue weighted by Crippen LogP contribution is -2.16. The molecule has 0 amide bonds. The molecule has 2 N–H and O–H groups in total. The van der Waals surface area contributed by atoms with E-state index in [9.17, 15) is 0 Å². The molecule has 0 saturated heterocycles. The van der Waals surface area contributed by atoms with Gasteiger partial charge in [-0.3, -0.25) is 0 Å². The Balaban J connectivity index is 2.25. The molecule has 0 heterocycles. The largest absolute Gasteiger partial charge is 0.398 e. The summed E-state index contributed by atoms with van der Waals surface area (Å²) in [6.07, 6.45) is 5.43. The van der Waals surface area contributed by atoms with E-state index in [2.05, 4.69) is 19.1 Å². The summed E-state index contributed by atoms with van der Waals surface area (Å²) >= 11 is 0. The average molecular weight is 189 g/mol. The first-order valence-electron chi connectivity index (χ1n) is 5.63. The molecule has 0 aliphatic heterocycles. The van der Waals surface area contributed by atoms with Crippen LogP contribution in [0.25, 0.3) is 0 Å². The van der Waals surface area contributed by atoms with Gasteiger partial charge in [-0.1, -0.05) is 44.4 Å². The molecule has 1 saturated carbocycles. The Morgan fingerprint density at radius 2 is 1.86 bits per heavy atom. The quantitative estimate of drug-likeness (QED) is 0.672. The maximum absolute atomic E-state index is 6.01. The zero-order chi connectivity index (χ0) is 9.97. The monoisotopic (exact) mass is 189 g/mol. The van der Waals surface area contributed by atoms with Gasteiger partial charge in [0.2, 0.25) is 0 Å². The molecule has 0 unspecified atom stereocenters. The van der Waals surface area contributed by atoms with Gasteiger partial charge >= 0.3 is 0 Å². The minimum absolute atomic E-state index is 0.699. The Hall–Kier alpha value is -0.980. The van der Waals surface area contributed by atoms with Crippen LogP contribution >= 0.6 is 0 Å². The molecular formula is C13H19N. The summed E-state index contributed by atoms with van der Waals surface area (Å²) < 4.78 is 0. The van der Waals surface area contributed by atoms with Crippen molar-refractivity contribution in [1.29, 1.82) is 0 Å². The van der Waals surface area contributed by atoms with Gasteiger partial charge in [-0.15, -0.1) is 0 Å². The molecule has 1 aromatic rings. The second-order valence-electron chi connectivity index (χ2n) is 4.50. The topological polar surface area (TPSA) is 26.0 Å². The van der Waals surface area contributed by atoms with E-state index < -0.39 is 0 Å². The maximum Gasteiger partial charge on any atom is 0.0349 e. The number of anilines is 1. The van der Waals surface area contributed by atoms with Gasteiger partial charge in [0.1, 0.15) is 0 Å². The van der Waals surface area contributed by atoms with E-state index in [0.29, 0.717) is 5.92 Å². The summed E-state index contributed by atoms with van der Waals surface area (Å²) in [4.78, 5) is 0. The molecule has 1 aliphatic rings. The second-order valence-corrected chi connectivity index (χ2v) is 4.50. The van der Waals surface area contributed by atoms with Gasteiger partial charge in [0.25, 0.3) is 0 Å². The smallest absolute Gasteiger partial charge is 0.0349 e. The number of nitrogen functional groups attached to an aromatic ring is 1. The molecule has 76 valence electrons. The van der Waals surface area contributed by atoms with Crippen molar-refractivity contribution in [2.24, 2.45) is 5.92 Å². The van der Waals surface area contributed by atoms with Crippen molar-refractivity contribution in [3.63, 3.8) is 0 Å². The van der Waals surface area contributed by atoms with Crippen LogP contribution in [0.15, 0.2) is 24.3 Å². The van der Waals surface area contributed by atoms with Gasteiger partial charge in [0, 0.05) is 5.69 Å². The molecule has 14 heavy (non-hydrogen) atoms. The van der Waals surface area contributed by atoms with E-state index in [1.54, 1.807) is 0 Å². The Kier molecular flexibility index (Phi) is 2.76. The van der Waals surface area contributed by atoms with Crippen molar-refractivity contribution in [2.45, 2.75) is 38.5 Å². The lowest BCUT2D eigenvalue weighted by Gasteiger charge is -2.29. The summed E-state index contributed by atoms with van der Waals surface area (Å²) in [5.41, 5.74) is 8.37. The van der Waals surface area contributed by atoms with E-state index in [0.717, 1.165) is 11.6 Å². The van der Waals surface area contributed by atoms with Gasteiger partial charge in [-0.05, 0) is 29.9 Å². The molecule has 2 rings (SSSR count). The SMILES string of the molecule is C[C@H]1CCCC[C@@H]1c1ccccc1N. The molecule has 1 nitrogen and oxygen atoms in total. The van der Waals surface area contributed by atoms with Crippen molar-refractivity contribution in [3.05, 3.63) is 29.8 Å². The molecule has 2 atom stereocenters. The normalized spacial score (nSPS) is 27.5. The van der Waals surface area contributed by atoms with Crippen LogP contribution in [0.2, 0.25) is 0 Å². The van der Waals surface area contributed by atoms with Crippen molar-refractivity contribution in [1.82, 2.24) is 0 Å². The fourth-order valence-electron chi connectivity index (χ4n) is 2.63. The van der Waals surface area contributed by atoms with Crippen LogP contribution in [-0.4, -0.2) is 0 Å². The predicted octanol–water partition coefficient (Wildman–Crippen LogP) is 3.56. The van der Waals surface area contributed by atoms with Crippen LogP contribution in [0.3, 0.4) is 0 Å². The van der Waals surface area contributed by atoms with E-state index in [4.69, 9.17) is 5.73 Å². The van der Waals surface area contributed by atoms with Gasteiger partial charge in [-0.2, -0.15) is 0 Å². The molecule has 1 fully saturated rings. The standard InChI is InChI=1S/C13H19N/c1-10-6-2-3-7-11(10)12-8-4-5-9-13(12)14/h4-5,8-11H,2-3,6-7,14H2,1H3/t10-,11-/m0/s1. The summed E-state index contributed by atoms with van der Waals surface area (Å²) in [5, 5.41) is 0. The number of hydrogen-bond acceptors (Lipinski definition) is 1. The molecule has 0 aromatic heterocycles. The van der Waals surface area contributed by atoms with Crippen LogP contribution in [0.1, 0.15) is 44.1 Å². The summed E-state index contributed by atoms with van der Waals surface area (Å²) in [7, 11) is 0. The molecule has 0 bridgehead atoms. The van der Waals surface area contributed by atoms with Crippen LogP contribution in [0, 0.1) is 5.92 Å². The average Bonchev–Trinajstić information content (AvgIpc) is 2.20. The van der Waals surface area contributed by atoms with Crippen molar-refractivity contribution < 1.29 is 0 Å². The first kappa shape index (κ1) is 9.57. The minimum atomic E-state index is 0.699. The Bertz CT molecular complexity index is 306. The fraction of sp³-hybridized carbons (Fsp3) is 0.538. The maximum atomic E-state index is 6.01. The first-order chi connectivity index (χ1) is 6.79. The number of para-hydroxylation sites is 1.